The van der Waals surface area contributed by atoms with Crippen molar-refractivity contribution in [2.45, 2.75) is 43.5 Å². The number of benzene rings is 1. The van der Waals surface area contributed by atoms with Crippen LogP contribution in [0.15, 0.2) is 24.3 Å². The lowest BCUT2D eigenvalue weighted by Crippen LogP contribution is -2.42. The number of carbonyl (C=O) groups excluding carboxylic acids is 1. The second-order valence-corrected chi connectivity index (χ2v) is 5.86. The van der Waals surface area contributed by atoms with Crippen molar-refractivity contribution >= 4 is 5.91 Å². The number of nitrogens with one attached hydrogen (secondary N) is 1. The lowest BCUT2D eigenvalue weighted by molar-refractivity contribution is -0.275. The maximum atomic E-state index is 12.6. The van der Waals surface area contributed by atoms with Crippen LogP contribution in [-0.4, -0.2) is 24.9 Å². The van der Waals surface area contributed by atoms with Crippen molar-refractivity contribution in [3.05, 3.63) is 29.8 Å². The average Bonchev–Trinajstić information content (AvgIpc) is 2.52. The number of nitriles is 1. The number of nitrogens with zero attached hydrogens (tertiary/aromatic N) is 1. The van der Waals surface area contributed by atoms with Gasteiger partial charge in [-0.15, -0.1) is 13.2 Å². The zero-order chi connectivity index (χ0) is 17.8. The molecule has 1 amide bonds. The fourth-order valence-corrected chi connectivity index (χ4v) is 3.08. The topological polar surface area (TPSA) is 88.1 Å². The molecular formula is C16H18F3N3O2. The first-order chi connectivity index (χ1) is 11.3. The van der Waals surface area contributed by atoms with E-state index in [2.05, 4.69) is 16.1 Å². The molecule has 0 atom stereocenters. The molecule has 0 aliphatic heterocycles. The maximum absolute atomic E-state index is 12.6. The number of nitrogens with two attached hydrogens (primary N) is 1. The molecule has 0 heterocycles. The number of carbonyl (C=O) groups is 1. The Morgan fingerprint density at radius 1 is 1.38 bits per heavy atom. The minimum absolute atomic E-state index is 0.00896. The Labute approximate surface area is 137 Å². The number of ether oxygens (including phenoxy) is 1. The molecule has 0 bridgehead atoms. The van der Waals surface area contributed by atoms with E-state index in [1.807, 2.05) is 0 Å². The van der Waals surface area contributed by atoms with Crippen LogP contribution in [0, 0.1) is 11.3 Å². The van der Waals surface area contributed by atoms with Crippen LogP contribution in [0.2, 0.25) is 0 Å². The molecule has 130 valence electrons. The predicted octanol–water partition coefficient (Wildman–Crippen LogP) is 2.36. The number of hydrogen-bond donors (Lipinski definition) is 2. The molecule has 1 aromatic carbocycles. The van der Waals surface area contributed by atoms with Crippen LogP contribution in [0.25, 0.3) is 0 Å². The molecule has 1 fully saturated rings. The second kappa shape index (κ2) is 7.09. The van der Waals surface area contributed by atoms with Crippen molar-refractivity contribution in [3.63, 3.8) is 0 Å². The van der Waals surface area contributed by atoms with Gasteiger partial charge in [0.2, 0.25) is 5.91 Å². The van der Waals surface area contributed by atoms with Crippen molar-refractivity contribution in [1.29, 1.82) is 5.26 Å². The molecule has 8 heteroatoms. The summed E-state index contributed by atoms with van der Waals surface area (Å²) in [6, 6.07) is 7.94. The summed E-state index contributed by atoms with van der Waals surface area (Å²) in [5, 5.41) is 12.6. The van der Waals surface area contributed by atoms with Gasteiger partial charge in [-0.25, -0.2) is 0 Å². The van der Waals surface area contributed by atoms with Gasteiger partial charge in [-0.2, -0.15) is 5.26 Å². The molecule has 1 saturated carbocycles. The molecule has 0 radical (unpaired) electrons. The van der Waals surface area contributed by atoms with E-state index in [9.17, 15) is 23.2 Å². The highest BCUT2D eigenvalue weighted by molar-refractivity contribution is 5.75. The Bertz CT molecular complexity index is 632. The zero-order valence-corrected chi connectivity index (χ0v) is 12.9. The van der Waals surface area contributed by atoms with Gasteiger partial charge >= 0.3 is 6.36 Å². The second-order valence-electron chi connectivity index (χ2n) is 5.86. The highest BCUT2D eigenvalue weighted by Gasteiger charge is 2.41. The molecular weight excluding hydrogens is 323 g/mol. The average molecular weight is 341 g/mol. The van der Waals surface area contributed by atoms with Gasteiger partial charge in [0.05, 0.1) is 18.0 Å². The fraction of sp³-hybridized carbons (Fsp3) is 0.500. The van der Waals surface area contributed by atoms with Crippen LogP contribution in [0.1, 0.15) is 31.2 Å². The highest BCUT2D eigenvalue weighted by Crippen LogP contribution is 2.43. The van der Waals surface area contributed by atoms with Crippen LogP contribution < -0.4 is 15.8 Å². The number of alkyl halides is 3. The third-order valence-electron chi connectivity index (χ3n) is 4.25. The van der Waals surface area contributed by atoms with E-state index < -0.39 is 17.7 Å². The van der Waals surface area contributed by atoms with E-state index in [1.165, 1.54) is 18.2 Å². The number of primary amides is 1. The standard InChI is InChI=1S/C16H18F3N3O2/c17-16(18,19)24-13-4-2-1-3-12(13)15(10-20)7-5-11(6-8-15)22-9-14(21)23/h1-4,11,22H,5-9H2,(H2,21,23). The normalized spacial score (nSPS) is 24.2. The van der Waals surface area contributed by atoms with E-state index >= 15 is 0 Å². The van der Waals surface area contributed by atoms with Gasteiger partial charge in [0.15, 0.2) is 0 Å². The predicted molar refractivity (Wildman–Crippen MR) is 79.9 cm³/mol. The highest BCUT2D eigenvalue weighted by atomic mass is 19.4. The molecule has 0 aromatic heterocycles. The van der Waals surface area contributed by atoms with Gasteiger partial charge in [0.1, 0.15) is 5.75 Å². The van der Waals surface area contributed by atoms with Crippen molar-refractivity contribution in [3.8, 4) is 11.8 Å². The number of halogens is 3. The van der Waals surface area contributed by atoms with E-state index in [0.717, 1.165) is 0 Å². The summed E-state index contributed by atoms with van der Waals surface area (Å²) in [7, 11) is 0. The minimum Gasteiger partial charge on any atom is -0.405 e. The van der Waals surface area contributed by atoms with Crippen molar-refractivity contribution in [2.24, 2.45) is 5.73 Å². The Kier molecular flexibility index (Phi) is 5.34. The van der Waals surface area contributed by atoms with Crippen LogP contribution in [0.5, 0.6) is 5.75 Å². The van der Waals surface area contributed by atoms with Crippen molar-refractivity contribution < 1.29 is 22.7 Å². The summed E-state index contributed by atoms with van der Waals surface area (Å²) in [5.41, 5.74) is 4.30. The smallest absolute Gasteiger partial charge is 0.405 e. The summed E-state index contributed by atoms with van der Waals surface area (Å²) in [6.45, 7) is 0.0397. The molecule has 0 saturated heterocycles. The van der Waals surface area contributed by atoms with Gasteiger partial charge < -0.3 is 15.8 Å². The maximum Gasteiger partial charge on any atom is 0.573 e. The Balaban J connectivity index is 2.18. The van der Waals surface area contributed by atoms with E-state index in [-0.39, 0.29) is 23.9 Å². The van der Waals surface area contributed by atoms with E-state index in [1.54, 1.807) is 6.07 Å². The minimum atomic E-state index is -4.81. The molecule has 0 spiro atoms. The number of amides is 1. The fourth-order valence-electron chi connectivity index (χ4n) is 3.08. The first kappa shape index (κ1) is 18.1. The van der Waals surface area contributed by atoms with Crippen LogP contribution in [-0.2, 0) is 10.2 Å². The van der Waals surface area contributed by atoms with Crippen molar-refractivity contribution in [2.75, 3.05) is 6.54 Å². The van der Waals surface area contributed by atoms with Gasteiger partial charge in [-0.05, 0) is 31.7 Å². The van der Waals surface area contributed by atoms with Gasteiger partial charge in [0.25, 0.3) is 0 Å². The van der Waals surface area contributed by atoms with E-state index in [4.69, 9.17) is 5.73 Å². The number of rotatable bonds is 5. The first-order valence-corrected chi connectivity index (χ1v) is 7.54. The Morgan fingerprint density at radius 3 is 2.54 bits per heavy atom. The number of para-hydroxylation sites is 1. The quantitative estimate of drug-likeness (QED) is 0.860. The molecule has 1 aromatic rings. The van der Waals surface area contributed by atoms with Crippen LogP contribution in [0.3, 0.4) is 0 Å². The summed E-state index contributed by atoms with van der Waals surface area (Å²) in [6.07, 6.45) is -2.95. The molecule has 0 unspecified atom stereocenters. The first-order valence-electron chi connectivity index (χ1n) is 7.54. The third kappa shape index (κ3) is 4.38. The van der Waals surface area contributed by atoms with Crippen molar-refractivity contribution in [1.82, 2.24) is 5.32 Å². The largest absolute Gasteiger partial charge is 0.573 e. The molecule has 1 aliphatic carbocycles. The van der Waals surface area contributed by atoms with E-state index in [0.29, 0.717) is 25.7 Å². The molecule has 24 heavy (non-hydrogen) atoms. The summed E-state index contributed by atoms with van der Waals surface area (Å²) >= 11 is 0. The SMILES string of the molecule is N#CC1(c2ccccc2OC(F)(F)F)CCC(NCC(N)=O)CC1. The lowest BCUT2D eigenvalue weighted by atomic mass is 9.69. The van der Waals surface area contributed by atoms with Gasteiger partial charge in [-0.1, -0.05) is 18.2 Å². The summed E-state index contributed by atoms with van der Waals surface area (Å²) in [5.74, 6) is -0.814. The summed E-state index contributed by atoms with van der Waals surface area (Å²) in [4.78, 5) is 10.8. The number of hydrogen-bond acceptors (Lipinski definition) is 4. The Hall–Kier alpha value is -2.27. The van der Waals surface area contributed by atoms with Gasteiger partial charge in [-0.3, -0.25) is 4.79 Å². The molecule has 1 aliphatic rings. The zero-order valence-electron chi connectivity index (χ0n) is 12.9. The molecule has 5 nitrogen and oxygen atoms in total. The Morgan fingerprint density at radius 2 is 2.00 bits per heavy atom. The van der Waals surface area contributed by atoms with Crippen LogP contribution in [0.4, 0.5) is 13.2 Å². The molecule has 2 rings (SSSR count). The third-order valence-corrected chi connectivity index (χ3v) is 4.25. The van der Waals surface area contributed by atoms with Crippen LogP contribution >= 0.6 is 0 Å². The summed E-state index contributed by atoms with van der Waals surface area (Å²) < 4.78 is 41.9. The lowest BCUT2D eigenvalue weighted by Gasteiger charge is -2.36. The molecule has 3 N–H and O–H groups in total. The van der Waals surface area contributed by atoms with Gasteiger partial charge in [0, 0.05) is 11.6 Å². The monoisotopic (exact) mass is 341 g/mol.